The van der Waals surface area contributed by atoms with Gasteiger partial charge in [0.15, 0.2) is 0 Å². The van der Waals surface area contributed by atoms with Crippen molar-refractivity contribution in [2.45, 2.75) is 52.0 Å². The number of aryl methyl sites for hydroxylation is 1. The van der Waals surface area contributed by atoms with E-state index in [1.165, 1.54) is 17.9 Å². The van der Waals surface area contributed by atoms with Gasteiger partial charge < -0.3 is 15.6 Å². The molecule has 1 fully saturated rings. The van der Waals surface area contributed by atoms with Crippen molar-refractivity contribution in [2.75, 3.05) is 6.54 Å². The Labute approximate surface area is 148 Å². The van der Waals surface area contributed by atoms with Crippen molar-refractivity contribution in [2.24, 2.45) is 5.92 Å². The zero-order valence-electron chi connectivity index (χ0n) is 15.0. The number of aromatic amines is 1. The van der Waals surface area contributed by atoms with Crippen molar-refractivity contribution in [3.63, 3.8) is 0 Å². The average molecular weight is 341 g/mol. The quantitative estimate of drug-likeness (QED) is 0.756. The van der Waals surface area contributed by atoms with Gasteiger partial charge in [-0.25, -0.2) is 0 Å². The minimum atomic E-state index is -0.399. The number of nitrogens with one attached hydrogen (secondary N) is 3. The van der Waals surface area contributed by atoms with Crippen molar-refractivity contribution in [3.8, 4) is 0 Å². The molecule has 3 rings (SSSR count). The van der Waals surface area contributed by atoms with E-state index in [4.69, 9.17) is 0 Å². The molecule has 1 aromatic carbocycles. The number of hydrogen-bond acceptors (Lipinski definition) is 2. The number of fused-ring (bicyclic) bond motifs is 1. The molecule has 1 aliphatic rings. The molecule has 1 unspecified atom stereocenters. The van der Waals surface area contributed by atoms with E-state index in [0.717, 1.165) is 43.3 Å². The molecular weight excluding hydrogens is 314 g/mol. The lowest BCUT2D eigenvalue weighted by atomic mass is 9.97. The molecule has 2 aromatic rings. The van der Waals surface area contributed by atoms with E-state index in [0.29, 0.717) is 6.54 Å². The number of carbonyl (C=O) groups excluding carboxylic acids is 2. The van der Waals surface area contributed by atoms with Crippen molar-refractivity contribution in [3.05, 3.63) is 35.5 Å². The van der Waals surface area contributed by atoms with Crippen molar-refractivity contribution >= 4 is 22.7 Å². The molecule has 1 aliphatic carbocycles. The van der Waals surface area contributed by atoms with Gasteiger partial charge >= 0.3 is 0 Å². The molecule has 0 aliphatic heterocycles. The van der Waals surface area contributed by atoms with Crippen LogP contribution in [0.5, 0.6) is 0 Å². The molecule has 0 bridgehead atoms. The third-order valence-electron chi connectivity index (χ3n) is 5.21. The van der Waals surface area contributed by atoms with E-state index in [1.807, 2.05) is 12.1 Å². The summed E-state index contributed by atoms with van der Waals surface area (Å²) in [6.45, 7) is 4.12. The summed E-state index contributed by atoms with van der Waals surface area (Å²) in [6, 6.07) is 7.82. The summed E-state index contributed by atoms with van der Waals surface area (Å²) < 4.78 is 0. The molecule has 25 heavy (non-hydrogen) atoms. The smallest absolute Gasteiger partial charge is 0.242 e. The summed E-state index contributed by atoms with van der Waals surface area (Å²) in [5.74, 6) is 0.0674. The molecule has 5 nitrogen and oxygen atoms in total. The molecule has 134 valence electrons. The summed E-state index contributed by atoms with van der Waals surface area (Å²) in [7, 11) is 0. The molecule has 1 atom stereocenters. The SMILES string of the molecule is CC(=O)NC(C(=O)NCCc1c(C)[nH]c2ccccc12)C1CCCC1. The topological polar surface area (TPSA) is 74.0 Å². The van der Waals surface area contributed by atoms with Crippen molar-refractivity contribution < 1.29 is 9.59 Å². The van der Waals surface area contributed by atoms with E-state index in [-0.39, 0.29) is 17.7 Å². The highest BCUT2D eigenvalue weighted by molar-refractivity contribution is 5.87. The summed E-state index contributed by atoms with van der Waals surface area (Å²) in [5, 5.41) is 7.09. The highest BCUT2D eigenvalue weighted by Gasteiger charge is 2.31. The normalized spacial score (nSPS) is 16.1. The van der Waals surface area contributed by atoms with E-state index in [9.17, 15) is 9.59 Å². The molecular formula is C20H27N3O2. The van der Waals surface area contributed by atoms with Crippen LogP contribution >= 0.6 is 0 Å². The zero-order valence-corrected chi connectivity index (χ0v) is 15.0. The second kappa shape index (κ2) is 7.72. The second-order valence-electron chi connectivity index (χ2n) is 7.04. The van der Waals surface area contributed by atoms with Crippen LogP contribution in [0.1, 0.15) is 43.9 Å². The van der Waals surface area contributed by atoms with Crippen LogP contribution in [0, 0.1) is 12.8 Å². The first kappa shape index (κ1) is 17.5. The molecule has 1 saturated carbocycles. The molecule has 3 N–H and O–H groups in total. The minimum absolute atomic E-state index is 0.0559. The van der Waals surface area contributed by atoms with E-state index in [2.05, 4.69) is 34.7 Å². The Balaban J connectivity index is 1.62. The largest absolute Gasteiger partial charge is 0.358 e. The standard InChI is InChI=1S/C20H27N3O2/c1-13-16(17-9-5-6-10-18(17)22-13)11-12-21-20(25)19(23-14(2)24)15-7-3-4-8-15/h5-6,9-10,15,19,22H,3-4,7-8,11-12H2,1-2H3,(H,21,25)(H,23,24). The van der Waals surface area contributed by atoms with Gasteiger partial charge in [-0.15, -0.1) is 0 Å². The Morgan fingerprint density at radius 3 is 2.68 bits per heavy atom. The summed E-state index contributed by atoms with van der Waals surface area (Å²) in [4.78, 5) is 27.5. The van der Waals surface area contributed by atoms with E-state index >= 15 is 0 Å². The van der Waals surface area contributed by atoms with Gasteiger partial charge in [-0.05, 0) is 43.7 Å². The lowest BCUT2D eigenvalue weighted by Gasteiger charge is -2.23. The van der Waals surface area contributed by atoms with Gasteiger partial charge in [-0.3, -0.25) is 9.59 Å². The molecule has 0 radical (unpaired) electrons. The number of H-pyrrole nitrogens is 1. The maximum atomic E-state index is 12.6. The van der Waals surface area contributed by atoms with Crippen LogP contribution in [0.2, 0.25) is 0 Å². The number of benzene rings is 1. The Hall–Kier alpha value is -2.30. The van der Waals surface area contributed by atoms with Crippen LogP contribution in [0.15, 0.2) is 24.3 Å². The summed E-state index contributed by atoms with van der Waals surface area (Å²) in [5.41, 5.74) is 3.51. The first-order valence-electron chi connectivity index (χ1n) is 9.17. The zero-order chi connectivity index (χ0) is 17.8. The maximum absolute atomic E-state index is 12.6. The third kappa shape index (κ3) is 4.03. The molecule has 0 spiro atoms. The maximum Gasteiger partial charge on any atom is 0.242 e. The van der Waals surface area contributed by atoms with E-state index < -0.39 is 6.04 Å². The van der Waals surface area contributed by atoms with Crippen LogP contribution in [0.25, 0.3) is 10.9 Å². The number of amides is 2. The predicted molar refractivity (Wildman–Crippen MR) is 99.3 cm³/mol. The predicted octanol–water partition coefficient (Wildman–Crippen LogP) is 2.83. The van der Waals surface area contributed by atoms with Gasteiger partial charge in [-0.2, -0.15) is 0 Å². The van der Waals surface area contributed by atoms with Gasteiger partial charge in [0, 0.05) is 30.1 Å². The van der Waals surface area contributed by atoms with Crippen LogP contribution in [-0.4, -0.2) is 29.4 Å². The van der Waals surface area contributed by atoms with Crippen LogP contribution < -0.4 is 10.6 Å². The minimum Gasteiger partial charge on any atom is -0.358 e. The molecule has 0 saturated heterocycles. The highest BCUT2D eigenvalue weighted by atomic mass is 16.2. The van der Waals surface area contributed by atoms with Crippen molar-refractivity contribution in [1.82, 2.24) is 15.6 Å². The van der Waals surface area contributed by atoms with Crippen LogP contribution in [0.3, 0.4) is 0 Å². The van der Waals surface area contributed by atoms with Gasteiger partial charge in [-0.1, -0.05) is 31.0 Å². The van der Waals surface area contributed by atoms with Gasteiger partial charge in [0.2, 0.25) is 11.8 Å². The van der Waals surface area contributed by atoms with E-state index in [1.54, 1.807) is 0 Å². The summed E-state index contributed by atoms with van der Waals surface area (Å²) in [6.07, 6.45) is 5.09. The number of rotatable bonds is 6. The van der Waals surface area contributed by atoms with Crippen molar-refractivity contribution in [1.29, 1.82) is 0 Å². The first-order chi connectivity index (χ1) is 12.1. The fourth-order valence-electron chi connectivity index (χ4n) is 3.98. The first-order valence-corrected chi connectivity index (χ1v) is 9.17. The fourth-order valence-corrected chi connectivity index (χ4v) is 3.98. The number of carbonyl (C=O) groups is 2. The van der Waals surface area contributed by atoms with Gasteiger partial charge in [0.25, 0.3) is 0 Å². The monoisotopic (exact) mass is 341 g/mol. The lowest BCUT2D eigenvalue weighted by Crippen LogP contribution is -2.50. The Morgan fingerprint density at radius 1 is 1.24 bits per heavy atom. The molecule has 2 amide bonds. The Bertz CT molecular complexity index is 759. The van der Waals surface area contributed by atoms with Crippen LogP contribution in [-0.2, 0) is 16.0 Å². The number of aromatic nitrogens is 1. The summed E-state index contributed by atoms with van der Waals surface area (Å²) >= 11 is 0. The Kier molecular flexibility index (Phi) is 5.41. The highest BCUT2D eigenvalue weighted by Crippen LogP contribution is 2.28. The number of para-hydroxylation sites is 1. The lowest BCUT2D eigenvalue weighted by molar-refractivity contribution is -0.129. The molecule has 1 heterocycles. The number of hydrogen-bond donors (Lipinski definition) is 3. The van der Waals surface area contributed by atoms with Gasteiger partial charge in [0.05, 0.1) is 0 Å². The fraction of sp³-hybridized carbons (Fsp3) is 0.500. The Morgan fingerprint density at radius 2 is 1.96 bits per heavy atom. The molecule has 5 heteroatoms. The van der Waals surface area contributed by atoms with Gasteiger partial charge in [0.1, 0.15) is 6.04 Å². The average Bonchev–Trinajstić information content (AvgIpc) is 3.20. The second-order valence-corrected chi connectivity index (χ2v) is 7.04. The molecule has 1 aromatic heterocycles. The van der Waals surface area contributed by atoms with Crippen LogP contribution in [0.4, 0.5) is 0 Å². The third-order valence-corrected chi connectivity index (χ3v) is 5.21.